The quantitative estimate of drug-likeness (QED) is 0.271. The number of carbonyl (C=O) groups is 4. The van der Waals surface area contributed by atoms with E-state index in [1.807, 2.05) is 0 Å². The SMILES string of the molecule is COC(=O)C(Cc1ccc(C(=O)CC(=O)C(F)(F)C(F)(F)F)cc1)NC(=O)OC(C)(C)C. The summed E-state index contributed by atoms with van der Waals surface area (Å²) in [5.74, 6) is -10.2. The number of carbonyl (C=O) groups excluding carboxylic acids is 4. The molecule has 0 radical (unpaired) electrons. The third-order valence-corrected chi connectivity index (χ3v) is 3.92. The van der Waals surface area contributed by atoms with Gasteiger partial charge < -0.3 is 14.8 Å². The predicted molar refractivity (Wildman–Crippen MR) is 100 cm³/mol. The monoisotopic (exact) mass is 467 g/mol. The van der Waals surface area contributed by atoms with Gasteiger partial charge in [0, 0.05) is 12.0 Å². The van der Waals surface area contributed by atoms with E-state index in [-0.39, 0.29) is 12.0 Å². The number of esters is 1. The number of halogens is 5. The van der Waals surface area contributed by atoms with E-state index in [4.69, 9.17) is 4.74 Å². The van der Waals surface area contributed by atoms with Crippen LogP contribution in [0.1, 0.15) is 43.1 Å². The molecule has 0 spiro atoms. The topological polar surface area (TPSA) is 98.8 Å². The molecule has 1 amide bonds. The van der Waals surface area contributed by atoms with Crippen molar-refractivity contribution in [3.8, 4) is 0 Å². The molecule has 1 N–H and O–H groups in total. The van der Waals surface area contributed by atoms with Gasteiger partial charge >= 0.3 is 24.2 Å². The molecule has 1 rings (SSSR count). The van der Waals surface area contributed by atoms with Crippen molar-refractivity contribution in [2.75, 3.05) is 7.11 Å². The number of Topliss-reactive ketones (excluding diaryl/α,β-unsaturated/α-hetero) is 2. The van der Waals surface area contributed by atoms with Crippen LogP contribution in [0.3, 0.4) is 0 Å². The standard InChI is InChI=1S/C20H22F5NO6/c1-18(2,3)32-17(30)26-13(16(29)31-4)9-11-5-7-12(8-6-11)14(27)10-15(28)19(21,22)20(23,24)25/h5-8,13H,9-10H2,1-4H3,(H,26,30). The highest BCUT2D eigenvalue weighted by molar-refractivity contribution is 6.10. The molecule has 0 aliphatic heterocycles. The number of ketones is 2. The maximum Gasteiger partial charge on any atom is 0.461 e. The highest BCUT2D eigenvalue weighted by Gasteiger charge is 2.62. The molecule has 0 saturated heterocycles. The van der Waals surface area contributed by atoms with Crippen LogP contribution < -0.4 is 5.32 Å². The maximum absolute atomic E-state index is 13.0. The zero-order valence-corrected chi connectivity index (χ0v) is 17.6. The lowest BCUT2D eigenvalue weighted by molar-refractivity contribution is -0.268. The van der Waals surface area contributed by atoms with E-state index in [0.29, 0.717) is 5.56 Å². The van der Waals surface area contributed by atoms with Gasteiger partial charge in [0.15, 0.2) is 5.78 Å². The Morgan fingerprint density at radius 3 is 1.94 bits per heavy atom. The van der Waals surface area contributed by atoms with Gasteiger partial charge in [0.1, 0.15) is 11.6 Å². The van der Waals surface area contributed by atoms with E-state index < -0.39 is 53.8 Å². The summed E-state index contributed by atoms with van der Waals surface area (Å²) >= 11 is 0. The smallest absolute Gasteiger partial charge is 0.461 e. The zero-order valence-electron chi connectivity index (χ0n) is 17.6. The normalized spacial score (nSPS) is 13.2. The largest absolute Gasteiger partial charge is 0.467 e. The molecule has 0 aliphatic carbocycles. The van der Waals surface area contributed by atoms with Crippen LogP contribution in [-0.2, 0) is 25.5 Å². The van der Waals surface area contributed by atoms with Gasteiger partial charge in [-0.1, -0.05) is 24.3 Å². The summed E-state index contributed by atoms with van der Waals surface area (Å²) in [7, 11) is 1.10. The fraction of sp³-hybridized carbons (Fsp3) is 0.500. The summed E-state index contributed by atoms with van der Waals surface area (Å²) in [6.45, 7) is 4.85. The van der Waals surface area contributed by atoms with E-state index in [9.17, 15) is 41.1 Å². The van der Waals surface area contributed by atoms with Crippen molar-refractivity contribution >= 4 is 23.6 Å². The Bertz CT molecular complexity index is 859. The second-order valence-electron chi connectivity index (χ2n) is 7.72. The summed E-state index contributed by atoms with van der Waals surface area (Å²) in [5.41, 5.74) is -0.720. The van der Waals surface area contributed by atoms with Crippen LogP contribution in [0.2, 0.25) is 0 Å². The molecular formula is C20H22F5NO6. The number of ether oxygens (including phenoxy) is 2. The first-order chi connectivity index (χ1) is 14.5. The maximum atomic E-state index is 13.0. The Kier molecular flexibility index (Phi) is 8.47. The Labute approximate surface area is 180 Å². The molecule has 7 nitrogen and oxygen atoms in total. The van der Waals surface area contributed by atoms with Crippen molar-refractivity contribution in [3.05, 3.63) is 35.4 Å². The van der Waals surface area contributed by atoms with Crippen molar-refractivity contribution in [3.63, 3.8) is 0 Å². The molecule has 1 aromatic rings. The molecule has 178 valence electrons. The minimum absolute atomic E-state index is 0.106. The fourth-order valence-corrected chi connectivity index (χ4v) is 2.36. The van der Waals surface area contributed by atoms with Gasteiger partial charge in [-0.15, -0.1) is 0 Å². The van der Waals surface area contributed by atoms with Crippen LogP contribution in [0.15, 0.2) is 24.3 Å². The number of rotatable bonds is 8. The van der Waals surface area contributed by atoms with Gasteiger partial charge in [0.25, 0.3) is 0 Å². The zero-order chi connectivity index (χ0) is 24.9. The van der Waals surface area contributed by atoms with Gasteiger partial charge in [-0.05, 0) is 26.3 Å². The van der Waals surface area contributed by atoms with Gasteiger partial charge in [0.05, 0.1) is 13.5 Å². The third-order valence-electron chi connectivity index (χ3n) is 3.92. The van der Waals surface area contributed by atoms with Crippen molar-refractivity contribution in [1.82, 2.24) is 5.32 Å². The van der Waals surface area contributed by atoms with E-state index in [0.717, 1.165) is 19.2 Å². The van der Waals surface area contributed by atoms with Crippen LogP contribution in [0.25, 0.3) is 0 Å². The summed E-state index contributed by atoms with van der Waals surface area (Å²) in [6, 6.07) is 3.60. The molecule has 0 aliphatic rings. The minimum atomic E-state index is -6.10. The Morgan fingerprint density at radius 1 is 0.969 bits per heavy atom. The Balaban J connectivity index is 2.88. The minimum Gasteiger partial charge on any atom is -0.467 e. The second kappa shape index (κ2) is 10.0. The van der Waals surface area contributed by atoms with Crippen molar-refractivity contribution < 1.29 is 50.6 Å². The van der Waals surface area contributed by atoms with Crippen LogP contribution in [0.5, 0.6) is 0 Å². The molecule has 0 saturated carbocycles. The fourth-order valence-electron chi connectivity index (χ4n) is 2.36. The van der Waals surface area contributed by atoms with Gasteiger partial charge in [0.2, 0.25) is 5.78 Å². The number of amides is 1. The first-order valence-corrected chi connectivity index (χ1v) is 9.15. The number of alkyl halides is 5. The Hall–Kier alpha value is -3.05. The molecule has 12 heteroatoms. The molecule has 0 heterocycles. The lowest BCUT2D eigenvalue weighted by Crippen LogP contribution is -2.45. The van der Waals surface area contributed by atoms with Crippen molar-refractivity contribution in [2.45, 2.75) is 57.4 Å². The van der Waals surface area contributed by atoms with E-state index in [2.05, 4.69) is 10.1 Å². The van der Waals surface area contributed by atoms with E-state index in [1.54, 1.807) is 20.8 Å². The lowest BCUT2D eigenvalue weighted by Gasteiger charge is -2.22. The van der Waals surface area contributed by atoms with E-state index in [1.165, 1.54) is 12.1 Å². The molecule has 1 atom stereocenters. The average molecular weight is 467 g/mol. The molecule has 1 aromatic carbocycles. The predicted octanol–water partition coefficient (Wildman–Crippen LogP) is 3.63. The van der Waals surface area contributed by atoms with Gasteiger partial charge in [-0.2, -0.15) is 22.0 Å². The summed E-state index contributed by atoms with van der Waals surface area (Å²) in [5, 5.41) is 2.33. The Morgan fingerprint density at radius 2 is 1.50 bits per heavy atom. The van der Waals surface area contributed by atoms with Gasteiger partial charge in [-0.3, -0.25) is 9.59 Å². The van der Waals surface area contributed by atoms with Crippen LogP contribution in [-0.4, -0.2) is 54.5 Å². The molecule has 0 fully saturated rings. The molecule has 0 aromatic heterocycles. The molecule has 0 bridgehead atoms. The van der Waals surface area contributed by atoms with Crippen molar-refractivity contribution in [2.24, 2.45) is 0 Å². The van der Waals surface area contributed by atoms with Crippen LogP contribution >= 0.6 is 0 Å². The highest BCUT2D eigenvalue weighted by atomic mass is 19.4. The first kappa shape index (κ1) is 27.0. The lowest BCUT2D eigenvalue weighted by atomic mass is 9.99. The van der Waals surface area contributed by atoms with E-state index >= 15 is 0 Å². The molecule has 1 unspecified atom stereocenters. The molecule has 32 heavy (non-hydrogen) atoms. The molecular weight excluding hydrogens is 445 g/mol. The summed E-state index contributed by atoms with van der Waals surface area (Å²) in [4.78, 5) is 47.0. The highest BCUT2D eigenvalue weighted by Crippen LogP contribution is 2.37. The number of benzene rings is 1. The number of methoxy groups -OCH3 is 1. The number of alkyl carbamates (subject to hydrolysis) is 1. The van der Waals surface area contributed by atoms with Crippen molar-refractivity contribution in [1.29, 1.82) is 0 Å². The number of hydrogen-bond donors (Lipinski definition) is 1. The van der Waals surface area contributed by atoms with Crippen LogP contribution in [0, 0.1) is 0 Å². The second-order valence-corrected chi connectivity index (χ2v) is 7.72. The summed E-state index contributed by atoms with van der Waals surface area (Å²) in [6.07, 6.45) is -8.73. The van der Waals surface area contributed by atoms with Gasteiger partial charge in [-0.25, -0.2) is 9.59 Å². The van der Waals surface area contributed by atoms with Crippen LogP contribution in [0.4, 0.5) is 26.7 Å². The number of hydrogen-bond acceptors (Lipinski definition) is 6. The third kappa shape index (κ3) is 7.57. The summed E-state index contributed by atoms with van der Waals surface area (Å²) < 4.78 is 72.4. The first-order valence-electron chi connectivity index (χ1n) is 9.15. The number of nitrogens with one attached hydrogen (secondary N) is 1. The average Bonchev–Trinajstić information content (AvgIpc) is 2.64.